The maximum atomic E-state index is 12.4. The highest BCUT2D eigenvalue weighted by atomic mass is 79.9. The van der Waals surface area contributed by atoms with Crippen LogP contribution in [0, 0.1) is 6.92 Å². The topological polar surface area (TPSA) is 35.6 Å². The molecule has 1 aliphatic heterocycles. The fraction of sp³-hybridized carbons (Fsp3) is 0.278. The SMILES string of the molecule is Cc1cccc(N2CCN(C(=O)Nc3cccc(Br)c3)CC2)c1. The molecule has 0 aliphatic carbocycles. The summed E-state index contributed by atoms with van der Waals surface area (Å²) in [7, 11) is 0. The number of hydrogen-bond donors (Lipinski definition) is 1. The van der Waals surface area contributed by atoms with Gasteiger partial charge < -0.3 is 15.1 Å². The highest BCUT2D eigenvalue weighted by Gasteiger charge is 2.21. The number of aryl methyl sites for hydroxylation is 1. The third-order valence-electron chi connectivity index (χ3n) is 4.01. The number of piperazine rings is 1. The van der Waals surface area contributed by atoms with Crippen molar-refractivity contribution in [2.24, 2.45) is 0 Å². The fourth-order valence-corrected chi connectivity index (χ4v) is 3.16. The first kappa shape index (κ1) is 15.9. The Morgan fingerprint density at radius 2 is 1.78 bits per heavy atom. The zero-order valence-corrected chi connectivity index (χ0v) is 14.7. The van der Waals surface area contributed by atoms with Gasteiger partial charge >= 0.3 is 6.03 Å². The second kappa shape index (κ2) is 7.04. The third-order valence-corrected chi connectivity index (χ3v) is 4.50. The number of amides is 2. The van der Waals surface area contributed by atoms with Crippen molar-refractivity contribution in [1.82, 2.24) is 4.90 Å². The number of carbonyl (C=O) groups excluding carboxylic acids is 1. The molecular weight excluding hydrogens is 354 g/mol. The van der Waals surface area contributed by atoms with Gasteiger partial charge in [0.05, 0.1) is 0 Å². The Bertz CT molecular complexity index is 696. The maximum absolute atomic E-state index is 12.4. The van der Waals surface area contributed by atoms with Crippen molar-refractivity contribution in [3.8, 4) is 0 Å². The van der Waals surface area contributed by atoms with Crippen LogP contribution in [0.25, 0.3) is 0 Å². The zero-order valence-electron chi connectivity index (χ0n) is 13.1. The van der Waals surface area contributed by atoms with Gasteiger partial charge in [-0.1, -0.05) is 34.1 Å². The van der Waals surface area contributed by atoms with E-state index in [1.807, 2.05) is 29.2 Å². The van der Waals surface area contributed by atoms with E-state index in [2.05, 4.69) is 57.3 Å². The highest BCUT2D eigenvalue weighted by Crippen LogP contribution is 2.19. The van der Waals surface area contributed by atoms with Gasteiger partial charge in [0, 0.05) is 42.0 Å². The largest absolute Gasteiger partial charge is 0.368 e. The van der Waals surface area contributed by atoms with E-state index >= 15 is 0 Å². The summed E-state index contributed by atoms with van der Waals surface area (Å²) in [5, 5.41) is 2.95. The lowest BCUT2D eigenvalue weighted by Crippen LogP contribution is -2.50. The highest BCUT2D eigenvalue weighted by molar-refractivity contribution is 9.10. The molecule has 4 nitrogen and oxygen atoms in total. The lowest BCUT2D eigenvalue weighted by atomic mass is 10.2. The molecule has 0 spiro atoms. The van der Waals surface area contributed by atoms with Crippen molar-refractivity contribution in [3.05, 3.63) is 58.6 Å². The first-order chi connectivity index (χ1) is 11.1. The van der Waals surface area contributed by atoms with E-state index < -0.39 is 0 Å². The molecule has 0 radical (unpaired) electrons. The summed E-state index contributed by atoms with van der Waals surface area (Å²) in [6.07, 6.45) is 0. The van der Waals surface area contributed by atoms with Gasteiger partial charge in [-0.2, -0.15) is 0 Å². The Kier molecular flexibility index (Phi) is 4.86. The van der Waals surface area contributed by atoms with Gasteiger partial charge in [-0.05, 0) is 42.8 Å². The summed E-state index contributed by atoms with van der Waals surface area (Å²) in [6, 6.07) is 16.1. The molecule has 1 fully saturated rings. The average molecular weight is 374 g/mol. The number of nitrogens with one attached hydrogen (secondary N) is 1. The second-order valence-electron chi connectivity index (χ2n) is 5.75. The summed E-state index contributed by atoms with van der Waals surface area (Å²) < 4.78 is 0.958. The molecule has 3 rings (SSSR count). The molecular formula is C18H20BrN3O. The quantitative estimate of drug-likeness (QED) is 0.859. The number of rotatable bonds is 2. The second-order valence-corrected chi connectivity index (χ2v) is 6.67. The van der Waals surface area contributed by atoms with Gasteiger partial charge in [0.15, 0.2) is 0 Å². The van der Waals surface area contributed by atoms with Crippen LogP contribution in [0.15, 0.2) is 53.0 Å². The summed E-state index contributed by atoms with van der Waals surface area (Å²) in [5.41, 5.74) is 3.31. The summed E-state index contributed by atoms with van der Waals surface area (Å²) in [5.74, 6) is 0. The number of hydrogen-bond acceptors (Lipinski definition) is 2. The van der Waals surface area contributed by atoms with E-state index in [0.717, 1.165) is 36.3 Å². The van der Waals surface area contributed by atoms with Crippen LogP contribution in [0.3, 0.4) is 0 Å². The summed E-state index contributed by atoms with van der Waals surface area (Å²) in [4.78, 5) is 16.6. The van der Waals surface area contributed by atoms with Gasteiger partial charge in [-0.3, -0.25) is 0 Å². The fourth-order valence-electron chi connectivity index (χ4n) is 2.76. The lowest BCUT2D eigenvalue weighted by molar-refractivity contribution is 0.208. The monoisotopic (exact) mass is 373 g/mol. The van der Waals surface area contributed by atoms with Crippen LogP contribution in [-0.4, -0.2) is 37.1 Å². The van der Waals surface area contributed by atoms with E-state index in [4.69, 9.17) is 0 Å². The molecule has 1 N–H and O–H groups in total. The minimum absolute atomic E-state index is 0.0352. The first-order valence-corrected chi connectivity index (χ1v) is 8.54. The molecule has 23 heavy (non-hydrogen) atoms. The summed E-state index contributed by atoms with van der Waals surface area (Å²) in [6.45, 7) is 5.28. The first-order valence-electron chi connectivity index (χ1n) is 7.75. The molecule has 120 valence electrons. The Balaban J connectivity index is 1.57. The van der Waals surface area contributed by atoms with Crippen LogP contribution in [0.5, 0.6) is 0 Å². The van der Waals surface area contributed by atoms with Crippen molar-refractivity contribution >= 4 is 33.3 Å². The minimum Gasteiger partial charge on any atom is -0.368 e. The van der Waals surface area contributed by atoms with Crippen LogP contribution in [0.4, 0.5) is 16.2 Å². The van der Waals surface area contributed by atoms with Crippen LogP contribution in [-0.2, 0) is 0 Å². The third kappa shape index (κ3) is 4.05. The number of halogens is 1. The van der Waals surface area contributed by atoms with Gasteiger partial charge in [0.25, 0.3) is 0 Å². The molecule has 0 atom stereocenters. The van der Waals surface area contributed by atoms with Crippen molar-refractivity contribution in [3.63, 3.8) is 0 Å². The standard InChI is InChI=1S/C18H20BrN3O/c1-14-4-2-7-17(12-14)21-8-10-22(11-9-21)18(23)20-16-6-3-5-15(19)13-16/h2-7,12-13H,8-11H2,1H3,(H,20,23). The van der Waals surface area contributed by atoms with E-state index in [9.17, 15) is 4.79 Å². The van der Waals surface area contributed by atoms with E-state index in [1.165, 1.54) is 11.3 Å². The maximum Gasteiger partial charge on any atom is 0.321 e. The molecule has 2 amide bonds. The molecule has 2 aromatic carbocycles. The van der Waals surface area contributed by atoms with Gasteiger partial charge in [0.1, 0.15) is 0 Å². The lowest BCUT2D eigenvalue weighted by Gasteiger charge is -2.36. The van der Waals surface area contributed by atoms with Crippen LogP contribution < -0.4 is 10.2 Å². The van der Waals surface area contributed by atoms with E-state index in [1.54, 1.807) is 0 Å². The van der Waals surface area contributed by atoms with Crippen molar-refractivity contribution in [2.75, 3.05) is 36.4 Å². The molecule has 1 aliphatic rings. The Morgan fingerprint density at radius 1 is 1.04 bits per heavy atom. The Labute approximate surface area is 145 Å². The van der Waals surface area contributed by atoms with Gasteiger partial charge in [-0.25, -0.2) is 4.79 Å². The Hall–Kier alpha value is -2.01. The number of carbonyl (C=O) groups is 1. The molecule has 0 unspecified atom stereocenters. The number of anilines is 2. The van der Waals surface area contributed by atoms with Crippen molar-refractivity contribution in [1.29, 1.82) is 0 Å². The molecule has 0 aromatic heterocycles. The van der Waals surface area contributed by atoms with E-state index in [-0.39, 0.29) is 6.03 Å². The predicted molar refractivity (Wildman–Crippen MR) is 98.1 cm³/mol. The smallest absolute Gasteiger partial charge is 0.321 e. The van der Waals surface area contributed by atoms with Crippen molar-refractivity contribution < 1.29 is 4.79 Å². The molecule has 5 heteroatoms. The predicted octanol–water partition coefficient (Wildman–Crippen LogP) is 4.11. The minimum atomic E-state index is -0.0352. The molecule has 0 bridgehead atoms. The van der Waals surface area contributed by atoms with Crippen LogP contribution >= 0.6 is 15.9 Å². The molecule has 0 saturated carbocycles. The Morgan fingerprint density at radius 3 is 2.48 bits per heavy atom. The normalized spacial score (nSPS) is 14.7. The summed E-state index contributed by atoms with van der Waals surface area (Å²) >= 11 is 3.42. The van der Waals surface area contributed by atoms with Crippen LogP contribution in [0.1, 0.15) is 5.56 Å². The van der Waals surface area contributed by atoms with Crippen LogP contribution in [0.2, 0.25) is 0 Å². The molecule has 2 aromatic rings. The average Bonchev–Trinajstić information content (AvgIpc) is 2.55. The molecule has 1 saturated heterocycles. The van der Waals surface area contributed by atoms with Gasteiger partial charge in [-0.15, -0.1) is 0 Å². The van der Waals surface area contributed by atoms with Gasteiger partial charge in [0.2, 0.25) is 0 Å². The number of nitrogens with zero attached hydrogens (tertiary/aromatic N) is 2. The number of urea groups is 1. The molecule has 1 heterocycles. The number of benzene rings is 2. The zero-order chi connectivity index (χ0) is 16.2. The van der Waals surface area contributed by atoms with Crippen molar-refractivity contribution in [2.45, 2.75) is 6.92 Å². The van der Waals surface area contributed by atoms with E-state index in [0.29, 0.717) is 0 Å².